The van der Waals surface area contributed by atoms with Crippen LogP contribution in [0.4, 0.5) is 10.1 Å². The molecule has 1 N–H and O–H groups in total. The van der Waals surface area contributed by atoms with Crippen molar-refractivity contribution in [3.05, 3.63) is 81.4 Å². The Bertz CT molecular complexity index is 1110. The number of nitrogens with one attached hydrogen (secondary N) is 1. The molecule has 27 heavy (non-hydrogen) atoms. The first-order valence-corrected chi connectivity index (χ1v) is 9.57. The molecule has 2 aromatic carbocycles. The number of nitrogens with zero attached hydrogens (tertiary/aromatic N) is 2. The summed E-state index contributed by atoms with van der Waals surface area (Å²) in [7, 11) is 0. The van der Waals surface area contributed by atoms with Crippen LogP contribution in [-0.4, -0.2) is 15.7 Å². The van der Waals surface area contributed by atoms with Crippen molar-refractivity contribution in [2.45, 2.75) is 13.0 Å². The van der Waals surface area contributed by atoms with E-state index in [1.165, 1.54) is 12.1 Å². The molecule has 0 atom stereocenters. The number of amides is 1. The summed E-state index contributed by atoms with van der Waals surface area (Å²) in [4.78, 5) is 13.2. The minimum Gasteiger partial charge on any atom is -0.326 e. The summed E-state index contributed by atoms with van der Waals surface area (Å²) in [6, 6.07) is 15.7. The maximum atomic E-state index is 13.4. The molecule has 0 unspecified atom stereocenters. The number of fused-ring (bicyclic) bond motifs is 1. The second-order valence-electron chi connectivity index (χ2n) is 6.11. The van der Waals surface area contributed by atoms with Crippen molar-refractivity contribution < 1.29 is 9.18 Å². The topological polar surface area (TPSA) is 46.9 Å². The summed E-state index contributed by atoms with van der Waals surface area (Å²) < 4.78 is 15.1. The zero-order chi connectivity index (χ0) is 18.8. The van der Waals surface area contributed by atoms with Gasteiger partial charge in [-0.25, -0.2) is 4.39 Å². The van der Waals surface area contributed by atoms with Crippen LogP contribution < -0.4 is 5.32 Å². The first-order valence-electron chi connectivity index (χ1n) is 8.31. The number of anilines is 1. The van der Waals surface area contributed by atoms with Crippen molar-refractivity contribution in [2.24, 2.45) is 0 Å². The van der Waals surface area contributed by atoms with E-state index >= 15 is 0 Å². The van der Waals surface area contributed by atoms with E-state index in [1.807, 2.05) is 35.7 Å². The van der Waals surface area contributed by atoms with Gasteiger partial charge in [0.25, 0.3) is 0 Å². The molecule has 0 radical (unpaired) electrons. The molecule has 0 saturated heterocycles. The SMILES string of the molecule is O=C(Cc1cccs1)Nc1ccc2c(c1)c(Cl)nn2Cc1cccc(F)c1. The first-order chi connectivity index (χ1) is 13.1. The van der Waals surface area contributed by atoms with E-state index in [4.69, 9.17) is 11.6 Å². The molecule has 0 aliphatic rings. The van der Waals surface area contributed by atoms with Gasteiger partial charge in [0.1, 0.15) is 5.82 Å². The van der Waals surface area contributed by atoms with Crippen molar-refractivity contribution in [1.29, 1.82) is 0 Å². The van der Waals surface area contributed by atoms with Crippen molar-refractivity contribution in [1.82, 2.24) is 9.78 Å². The van der Waals surface area contributed by atoms with Crippen molar-refractivity contribution in [3.63, 3.8) is 0 Å². The molecule has 0 bridgehead atoms. The van der Waals surface area contributed by atoms with E-state index in [0.29, 0.717) is 23.8 Å². The largest absolute Gasteiger partial charge is 0.326 e. The Morgan fingerprint density at radius 3 is 2.85 bits per heavy atom. The van der Waals surface area contributed by atoms with Crippen LogP contribution in [0.25, 0.3) is 10.9 Å². The lowest BCUT2D eigenvalue weighted by Gasteiger charge is -2.06. The predicted octanol–water partition coefficient (Wildman–Crippen LogP) is 5.12. The molecule has 0 aliphatic carbocycles. The van der Waals surface area contributed by atoms with Gasteiger partial charge in [-0.3, -0.25) is 9.48 Å². The Morgan fingerprint density at radius 1 is 1.19 bits per heavy atom. The van der Waals surface area contributed by atoms with Gasteiger partial charge in [0.05, 0.1) is 18.5 Å². The van der Waals surface area contributed by atoms with Crippen molar-refractivity contribution in [2.75, 3.05) is 5.32 Å². The lowest BCUT2D eigenvalue weighted by atomic mass is 10.2. The summed E-state index contributed by atoms with van der Waals surface area (Å²) in [5, 5.41) is 10.3. The van der Waals surface area contributed by atoms with Crippen LogP contribution >= 0.6 is 22.9 Å². The minimum atomic E-state index is -0.286. The fourth-order valence-electron chi connectivity index (χ4n) is 2.92. The summed E-state index contributed by atoms with van der Waals surface area (Å²) in [6.07, 6.45) is 0.336. The predicted molar refractivity (Wildman–Crippen MR) is 107 cm³/mol. The number of rotatable bonds is 5. The maximum Gasteiger partial charge on any atom is 0.229 e. The van der Waals surface area contributed by atoms with Crippen LogP contribution in [0.2, 0.25) is 5.15 Å². The van der Waals surface area contributed by atoms with Gasteiger partial charge < -0.3 is 5.32 Å². The molecular formula is C20H15ClFN3OS. The second-order valence-corrected chi connectivity index (χ2v) is 7.50. The molecule has 2 heterocycles. The molecule has 1 amide bonds. The molecule has 2 aromatic heterocycles. The number of carbonyl (C=O) groups excluding carboxylic acids is 1. The summed E-state index contributed by atoms with van der Waals surface area (Å²) in [5.41, 5.74) is 2.28. The molecule has 7 heteroatoms. The Balaban J connectivity index is 1.56. The van der Waals surface area contributed by atoms with Crippen LogP contribution in [0.5, 0.6) is 0 Å². The van der Waals surface area contributed by atoms with Gasteiger partial charge in [0.15, 0.2) is 5.15 Å². The second kappa shape index (κ2) is 7.50. The van der Waals surface area contributed by atoms with E-state index in [2.05, 4.69) is 10.4 Å². The van der Waals surface area contributed by atoms with E-state index in [1.54, 1.807) is 28.2 Å². The number of aromatic nitrogens is 2. The van der Waals surface area contributed by atoms with Crippen LogP contribution in [0.1, 0.15) is 10.4 Å². The number of hydrogen-bond donors (Lipinski definition) is 1. The third-order valence-electron chi connectivity index (χ3n) is 4.13. The van der Waals surface area contributed by atoms with Gasteiger partial charge >= 0.3 is 0 Å². The monoisotopic (exact) mass is 399 g/mol. The van der Waals surface area contributed by atoms with Crippen LogP contribution in [0, 0.1) is 5.82 Å². The summed E-state index contributed by atoms with van der Waals surface area (Å²) in [6.45, 7) is 0.408. The smallest absolute Gasteiger partial charge is 0.229 e. The minimum absolute atomic E-state index is 0.0833. The fourth-order valence-corrected chi connectivity index (χ4v) is 3.87. The van der Waals surface area contributed by atoms with Gasteiger partial charge in [-0.2, -0.15) is 5.10 Å². The number of halogens is 2. The van der Waals surface area contributed by atoms with Crippen LogP contribution in [-0.2, 0) is 17.8 Å². The highest BCUT2D eigenvalue weighted by molar-refractivity contribution is 7.10. The number of benzene rings is 2. The average Bonchev–Trinajstić information content (AvgIpc) is 3.23. The highest BCUT2D eigenvalue weighted by atomic mass is 35.5. The Morgan fingerprint density at radius 2 is 2.07 bits per heavy atom. The Kier molecular flexibility index (Phi) is 4.92. The van der Waals surface area contributed by atoms with Gasteiger partial charge in [-0.1, -0.05) is 29.8 Å². The molecule has 136 valence electrons. The van der Waals surface area contributed by atoms with E-state index < -0.39 is 0 Å². The standard InChI is InChI=1S/C20H15ClFN3OS/c21-20-17-10-15(23-19(26)11-16-5-2-8-27-16)6-7-18(17)25(24-20)12-13-3-1-4-14(22)9-13/h1-10H,11-12H2,(H,23,26). The highest BCUT2D eigenvalue weighted by Crippen LogP contribution is 2.27. The lowest BCUT2D eigenvalue weighted by molar-refractivity contribution is -0.115. The molecular weight excluding hydrogens is 385 g/mol. The van der Waals surface area contributed by atoms with Crippen molar-refractivity contribution >= 4 is 45.4 Å². The fraction of sp³-hybridized carbons (Fsp3) is 0.100. The Labute approximate surface area is 164 Å². The maximum absolute atomic E-state index is 13.4. The molecule has 4 rings (SSSR count). The zero-order valence-corrected chi connectivity index (χ0v) is 15.7. The number of hydrogen-bond acceptors (Lipinski definition) is 3. The molecule has 0 spiro atoms. The van der Waals surface area contributed by atoms with Gasteiger partial charge in [0.2, 0.25) is 5.91 Å². The number of thiophene rings is 1. The van der Waals surface area contributed by atoms with Gasteiger partial charge in [-0.05, 0) is 47.3 Å². The van der Waals surface area contributed by atoms with E-state index in [9.17, 15) is 9.18 Å². The normalized spacial score (nSPS) is 11.0. The summed E-state index contributed by atoms with van der Waals surface area (Å²) in [5.74, 6) is -0.370. The molecule has 0 saturated carbocycles. The molecule has 0 aliphatic heterocycles. The first kappa shape index (κ1) is 17.7. The quantitative estimate of drug-likeness (QED) is 0.506. The van der Waals surface area contributed by atoms with E-state index in [-0.39, 0.29) is 11.7 Å². The third kappa shape index (κ3) is 4.02. The molecule has 4 nitrogen and oxygen atoms in total. The Hall–Kier alpha value is -2.70. The lowest BCUT2D eigenvalue weighted by Crippen LogP contribution is -2.13. The van der Waals surface area contributed by atoms with Crippen molar-refractivity contribution in [3.8, 4) is 0 Å². The van der Waals surface area contributed by atoms with Crippen LogP contribution in [0.3, 0.4) is 0 Å². The molecule has 0 fully saturated rings. The molecule has 4 aromatic rings. The zero-order valence-electron chi connectivity index (χ0n) is 14.2. The number of carbonyl (C=O) groups is 1. The van der Waals surface area contributed by atoms with E-state index in [0.717, 1.165) is 21.3 Å². The average molecular weight is 400 g/mol. The van der Waals surface area contributed by atoms with Gasteiger partial charge in [0, 0.05) is 16.0 Å². The summed E-state index contributed by atoms with van der Waals surface area (Å²) >= 11 is 7.83. The van der Waals surface area contributed by atoms with Crippen LogP contribution in [0.15, 0.2) is 60.0 Å². The third-order valence-corrected chi connectivity index (χ3v) is 5.28. The van der Waals surface area contributed by atoms with Gasteiger partial charge in [-0.15, -0.1) is 11.3 Å². The highest BCUT2D eigenvalue weighted by Gasteiger charge is 2.12.